The molecule has 0 N–H and O–H groups in total. The Hall–Kier alpha value is -9.12. The number of fused-ring (bicyclic) bond motifs is 8. The van der Waals surface area contributed by atoms with Crippen LogP contribution in [0, 0.1) is 0 Å². The maximum absolute atomic E-state index is 4.76. The van der Waals surface area contributed by atoms with Crippen molar-refractivity contribution < 1.29 is 0 Å². The predicted octanol–water partition coefficient (Wildman–Crippen LogP) is 11.4. The Morgan fingerprint density at radius 1 is 0.297 bits per heavy atom. The Kier molecular flexibility index (Phi) is 17.5. The average molecular weight is 1460 g/mol. The van der Waals surface area contributed by atoms with Gasteiger partial charge in [0, 0.05) is 0 Å². The molecule has 0 aliphatic heterocycles. The summed E-state index contributed by atoms with van der Waals surface area (Å²) in [6, 6.07) is 74.3. The molecule has 12 aromatic heterocycles. The number of hydrogen-bond donors (Lipinski definition) is 0. The summed E-state index contributed by atoms with van der Waals surface area (Å²) in [7, 11) is 0. The number of imidazole rings is 5. The van der Waals surface area contributed by atoms with Crippen LogP contribution in [0.1, 0.15) is 0 Å². The maximum atomic E-state index is 4.76. The van der Waals surface area contributed by atoms with Crippen LogP contribution >= 0.6 is 0 Å². The van der Waals surface area contributed by atoms with Gasteiger partial charge in [-0.25, -0.2) is 0 Å². The molecule has 0 aliphatic rings. The molecule has 18 rings (SSSR count). The van der Waals surface area contributed by atoms with Gasteiger partial charge in [-0.1, -0.05) is 0 Å². The molecule has 425 valence electrons. The second-order valence-electron chi connectivity index (χ2n) is 21.1. The van der Waals surface area contributed by atoms with Crippen LogP contribution in [-0.2, 0) is 0 Å². The van der Waals surface area contributed by atoms with Gasteiger partial charge in [-0.15, -0.1) is 0 Å². The third kappa shape index (κ3) is 12.2. The van der Waals surface area contributed by atoms with Gasteiger partial charge in [0.05, 0.1) is 0 Å². The quantitative estimate of drug-likeness (QED) is 0.152. The summed E-state index contributed by atoms with van der Waals surface area (Å²) in [5, 5.41) is 8.44. The molecule has 0 spiro atoms. The molecule has 0 fully saturated rings. The van der Waals surface area contributed by atoms with Crippen LogP contribution in [0.15, 0.2) is 274 Å². The van der Waals surface area contributed by atoms with Crippen molar-refractivity contribution in [2.75, 3.05) is 0 Å². The first-order valence-corrected chi connectivity index (χ1v) is 35.7. The fraction of sp³-hybridized carbons (Fsp3) is 0. The molecular formula is C70H50Ga5N16. The van der Waals surface area contributed by atoms with Gasteiger partial charge < -0.3 is 0 Å². The standard InChI is InChI=1S/C17H11N2.2C16H10N3.C11H7N4.C10H7N4.5Ga.5H/c1-3-7-14-12(5-1)9-10-18-17(14)16-11-13-6-2-4-8-15(13)19-16;1-2-6-12-10-17-15(9-11(12)5-1)16-18-13-7-3-4-8-14(13)19-16;1-2-6-12-11(5-1)9-10-17-15(12)16-18-13-7-3-4-8-14(13)19-16;1-2-6-12-8(4-1)11-14-9-5-3-7-13-10(9)15-11;1-2-6-14-8(3-1)7-13-10(14)9-11-4-5-12-9;;;;;;;;;;/h1-11H;2*1-10H;1-7H;1-7H;;;;;;;;;;/q5*-1;5*+1;;;;;. The molecule has 0 aliphatic carbocycles. The van der Waals surface area contributed by atoms with Crippen molar-refractivity contribution in [2.45, 2.75) is 0 Å². The minimum atomic E-state index is 0.786. The molecule has 12 heterocycles. The van der Waals surface area contributed by atoms with Crippen LogP contribution in [0.25, 0.3) is 140 Å². The Labute approximate surface area is 573 Å². The van der Waals surface area contributed by atoms with Gasteiger partial charge in [-0.05, 0) is 0 Å². The molecule has 21 heteroatoms. The molecule has 16 nitrogen and oxygen atoms in total. The summed E-state index contributed by atoms with van der Waals surface area (Å²) in [6.45, 7) is 0. The summed E-state index contributed by atoms with van der Waals surface area (Å²) in [5.41, 5.74) is 13.7. The van der Waals surface area contributed by atoms with Crippen molar-refractivity contribution in [3.63, 3.8) is 0 Å². The first-order chi connectivity index (χ1) is 44.7. The molecule has 0 unspecified atom stereocenters. The summed E-state index contributed by atoms with van der Waals surface area (Å²) in [5.74, 6) is 4.65. The normalized spacial score (nSPS) is 11.1. The first kappa shape index (κ1) is 59.5. The number of benzene rings is 6. The molecule has 0 amide bonds. The van der Waals surface area contributed by atoms with E-state index in [9.17, 15) is 0 Å². The zero-order chi connectivity index (χ0) is 61.8. The predicted molar refractivity (Wildman–Crippen MR) is 374 cm³/mol. The SMILES string of the molecule is [GaH][n]1c(-c2cc3ccccc3cn2)nc2ccccc21.[GaH][n]1c(-c2ccccn2)nc2ncccc21.[GaH][n]1c(-c2nccc3ccccc23)cc2ccccc21.[GaH][n]1c(-c2nccc3ccccc23)nc2ccccc21.[GaH][n]1ccnc1-c1ncc2ccccn12. The van der Waals surface area contributed by atoms with Crippen LogP contribution in [0.4, 0.5) is 0 Å². The van der Waals surface area contributed by atoms with Crippen molar-refractivity contribution >= 4 is 176 Å². The van der Waals surface area contributed by atoms with E-state index in [-0.39, 0.29) is 0 Å². The summed E-state index contributed by atoms with van der Waals surface area (Å²) in [4.78, 5) is 45.0. The molecule has 0 saturated heterocycles. The molecule has 91 heavy (non-hydrogen) atoms. The number of para-hydroxylation sites is 5. The van der Waals surface area contributed by atoms with Gasteiger partial charge in [0.15, 0.2) is 0 Å². The van der Waals surface area contributed by atoms with E-state index in [1.54, 1.807) is 12.4 Å². The Morgan fingerprint density at radius 2 is 0.868 bits per heavy atom. The molecule has 0 bridgehead atoms. The van der Waals surface area contributed by atoms with Crippen LogP contribution < -0.4 is 0 Å². The minimum absolute atomic E-state index is 0.786. The molecule has 5 radical (unpaired) electrons. The van der Waals surface area contributed by atoms with Crippen molar-refractivity contribution in [1.82, 2.24) is 70.6 Å². The first-order valence-electron chi connectivity index (χ1n) is 29.1. The van der Waals surface area contributed by atoms with Crippen molar-refractivity contribution in [3.05, 3.63) is 274 Å². The molecule has 0 atom stereocenters. The fourth-order valence-corrected chi connectivity index (χ4v) is 15.9. The Balaban J connectivity index is 0.0000000995. The summed E-state index contributed by atoms with van der Waals surface area (Å²) >= 11 is 5.07. The summed E-state index contributed by atoms with van der Waals surface area (Å²) in [6.07, 6.45) is 16.9. The summed E-state index contributed by atoms with van der Waals surface area (Å²) < 4.78 is 13.0. The zero-order valence-corrected chi connectivity index (χ0v) is 64.0. The second kappa shape index (κ2) is 26.8. The van der Waals surface area contributed by atoms with Gasteiger partial charge in [-0.2, -0.15) is 0 Å². The van der Waals surface area contributed by atoms with Gasteiger partial charge in [0.2, 0.25) is 0 Å². The Bertz CT molecular complexity index is 5440. The third-order valence-corrected chi connectivity index (χ3v) is 22.1. The van der Waals surface area contributed by atoms with E-state index in [0.29, 0.717) is 0 Å². The van der Waals surface area contributed by atoms with Crippen LogP contribution in [0.3, 0.4) is 0 Å². The molecule has 6 aromatic carbocycles. The van der Waals surface area contributed by atoms with E-state index < -0.39 is 0 Å². The van der Waals surface area contributed by atoms with E-state index in [1.807, 2.05) is 134 Å². The van der Waals surface area contributed by atoms with Crippen LogP contribution in [0.5, 0.6) is 0 Å². The van der Waals surface area contributed by atoms with Crippen molar-refractivity contribution in [2.24, 2.45) is 0 Å². The average Bonchev–Trinajstić information content (AvgIpc) is 2.20. The third-order valence-electron chi connectivity index (χ3n) is 15.6. The van der Waals surface area contributed by atoms with E-state index in [4.69, 9.17) is 9.97 Å². The van der Waals surface area contributed by atoms with Gasteiger partial charge in [0.25, 0.3) is 0 Å². The fourth-order valence-electron chi connectivity index (χ4n) is 11.0. The van der Waals surface area contributed by atoms with E-state index in [2.05, 4.69) is 188 Å². The van der Waals surface area contributed by atoms with Crippen molar-refractivity contribution in [1.29, 1.82) is 0 Å². The number of hydrogen-bond acceptors (Lipinski definition) is 10. The van der Waals surface area contributed by atoms with Crippen LogP contribution in [0.2, 0.25) is 0 Å². The number of rotatable bonds is 5. The van der Waals surface area contributed by atoms with Gasteiger partial charge in [0.1, 0.15) is 0 Å². The number of nitrogens with zero attached hydrogens (tertiary/aromatic N) is 16. The monoisotopic (exact) mass is 1460 g/mol. The molecule has 18 aromatic rings. The topological polar surface area (TPSA) is 158 Å². The Morgan fingerprint density at radius 3 is 1.55 bits per heavy atom. The van der Waals surface area contributed by atoms with Crippen molar-refractivity contribution in [3.8, 4) is 57.6 Å². The van der Waals surface area contributed by atoms with Crippen LogP contribution in [-0.4, -0.2) is 165 Å². The number of aromatic nitrogens is 16. The molecule has 0 saturated carbocycles. The number of pyridine rings is 6. The molecular weight excluding hydrogens is 1410 g/mol. The van der Waals surface area contributed by atoms with E-state index >= 15 is 0 Å². The second-order valence-corrected chi connectivity index (χ2v) is 27.9. The van der Waals surface area contributed by atoms with E-state index in [0.717, 1.165) is 185 Å². The zero-order valence-electron chi connectivity index (χ0n) is 49.2. The van der Waals surface area contributed by atoms with Gasteiger partial charge in [-0.3, -0.25) is 0 Å². The van der Waals surface area contributed by atoms with Gasteiger partial charge >= 0.3 is 579 Å². The van der Waals surface area contributed by atoms with E-state index in [1.165, 1.54) is 49.2 Å².